The molecule has 0 radical (unpaired) electrons. The highest BCUT2D eigenvalue weighted by Gasteiger charge is 2.58. The largest absolute Gasteiger partial charge is 0.462 e. The van der Waals surface area contributed by atoms with Gasteiger partial charge in [0.25, 0.3) is 0 Å². The van der Waals surface area contributed by atoms with Crippen molar-refractivity contribution >= 4 is 47.2 Å². The number of ketones is 1. The van der Waals surface area contributed by atoms with E-state index in [0.29, 0.717) is 35.0 Å². The van der Waals surface area contributed by atoms with Gasteiger partial charge in [0.2, 0.25) is 0 Å². The topological polar surface area (TPSA) is 133 Å². The van der Waals surface area contributed by atoms with Crippen molar-refractivity contribution in [1.82, 2.24) is 4.98 Å². The fraction of sp³-hybridized carbons (Fsp3) is 0.531. The van der Waals surface area contributed by atoms with Crippen LogP contribution in [0, 0.1) is 28.6 Å². The maximum atomic E-state index is 12.4. The number of esters is 1. The van der Waals surface area contributed by atoms with E-state index in [1.807, 2.05) is 30.3 Å². The zero-order valence-corrected chi connectivity index (χ0v) is 25.0. The predicted molar refractivity (Wildman–Crippen MR) is 163 cm³/mol. The molecular formula is C32H42ClN5O3. The maximum absolute atomic E-state index is 12.4. The third-order valence-corrected chi connectivity index (χ3v) is 10.1. The number of halogens is 1. The van der Waals surface area contributed by atoms with Gasteiger partial charge in [-0.25, -0.2) is 4.98 Å². The highest BCUT2D eigenvalue weighted by Crippen LogP contribution is 2.64. The van der Waals surface area contributed by atoms with Crippen LogP contribution < -0.4 is 11.5 Å². The molecule has 0 spiro atoms. The predicted octanol–water partition coefficient (Wildman–Crippen LogP) is 7.53. The normalized spacial score (nSPS) is 31.9. The summed E-state index contributed by atoms with van der Waals surface area (Å²) >= 11 is 0. The number of ether oxygens (including phenoxy) is 1. The van der Waals surface area contributed by atoms with Crippen molar-refractivity contribution in [3.63, 3.8) is 0 Å². The average Bonchev–Trinajstić information content (AvgIpc) is 3.23. The molecule has 6 unspecified atom stereocenters. The number of nitrogen functional groups attached to an aromatic ring is 2. The Morgan fingerprint density at radius 1 is 0.976 bits per heavy atom. The van der Waals surface area contributed by atoms with Crippen LogP contribution in [0.4, 0.5) is 23.0 Å². The molecule has 4 aliphatic rings. The van der Waals surface area contributed by atoms with Gasteiger partial charge in [-0.1, -0.05) is 43.7 Å². The summed E-state index contributed by atoms with van der Waals surface area (Å²) in [5.74, 6) is 2.98. The Balaban J connectivity index is 0.000000200. The number of nitrogens with zero attached hydrogens (tertiary/aromatic N) is 3. The number of hydrogen-bond acceptors (Lipinski definition) is 8. The van der Waals surface area contributed by atoms with Crippen molar-refractivity contribution in [2.24, 2.45) is 38.8 Å². The zero-order valence-electron chi connectivity index (χ0n) is 24.2. The van der Waals surface area contributed by atoms with Crippen LogP contribution in [0.25, 0.3) is 0 Å². The number of allylic oxidation sites excluding steroid dienone is 1. The lowest BCUT2D eigenvalue weighted by Gasteiger charge is -2.56. The lowest BCUT2D eigenvalue weighted by molar-refractivity contribution is -0.148. The molecule has 0 bridgehead atoms. The van der Waals surface area contributed by atoms with E-state index in [1.54, 1.807) is 12.1 Å². The van der Waals surface area contributed by atoms with E-state index in [-0.39, 0.29) is 41.1 Å². The van der Waals surface area contributed by atoms with Crippen molar-refractivity contribution in [1.29, 1.82) is 0 Å². The number of azo groups is 1. The molecule has 220 valence electrons. The smallest absolute Gasteiger partial charge is 0.302 e. The van der Waals surface area contributed by atoms with Gasteiger partial charge < -0.3 is 16.2 Å². The summed E-state index contributed by atoms with van der Waals surface area (Å²) in [5.41, 5.74) is 14.1. The minimum absolute atomic E-state index is 0. The molecule has 4 N–H and O–H groups in total. The quantitative estimate of drug-likeness (QED) is 0.219. The minimum Gasteiger partial charge on any atom is -0.462 e. The molecule has 2 aromatic rings. The van der Waals surface area contributed by atoms with E-state index in [4.69, 9.17) is 16.2 Å². The average molecular weight is 580 g/mol. The monoisotopic (exact) mass is 579 g/mol. The molecule has 41 heavy (non-hydrogen) atoms. The molecule has 1 heterocycles. The Hall–Kier alpha value is -3.26. The molecule has 0 amide bonds. The summed E-state index contributed by atoms with van der Waals surface area (Å²) in [7, 11) is 0. The van der Waals surface area contributed by atoms with Gasteiger partial charge in [0, 0.05) is 25.2 Å². The Morgan fingerprint density at radius 3 is 2.39 bits per heavy atom. The first-order chi connectivity index (χ1) is 19.1. The number of carbonyl (C=O) groups excluding carboxylic acids is 2. The Morgan fingerprint density at radius 2 is 1.68 bits per heavy atom. The van der Waals surface area contributed by atoms with Crippen LogP contribution in [-0.2, 0) is 14.3 Å². The Bertz CT molecular complexity index is 1330. The van der Waals surface area contributed by atoms with Crippen LogP contribution in [0.1, 0.15) is 72.1 Å². The number of pyridine rings is 1. The molecule has 4 aliphatic carbocycles. The molecule has 1 aromatic heterocycles. The summed E-state index contributed by atoms with van der Waals surface area (Å²) in [6.07, 6.45) is 10.8. The van der Waals surface area contributed by atoms with Crippen LogP contribution in [0.3, 0.4) is 0 Å². The zero-order chi connectivity index (χ0) is 28.5. The van der Waals surface area contributed by atoms with E-state index < -0.39 is 0 Å². The number of benzene rings is 1. The first-order valence-electron chi connectivity index (χ1n) is 14.5. The van der Waals surface area contributed by atoms with Gasteiger partial charge in [-0.15, -0.1) is 17.5 Å². The van der Waals surface area contributed by atoms with Crippen LogP contribution >= 0.6 is 12.4 Å². The Kier molecular flexibility index (Phi) is 9.22. The third-order valence-electron chi connectivity index (χ3n) is 10.1. The van der Waals surface area contributed by atoms with E-state index in [9.17, 15) is 9.59 Å². The van der Waals surface area contributed by atoms with Gasteiger partial charge in [0.1, 0.15) is 23.4 Å². The van der Waals surface area contributed by atoms with Gasteiger partial charge >= 0.3 is 5.97 Å². The lowest BCUT2D eigenvalue weighted by atomic mass is 9.48. The maximum Gasteiger partial charge on any atom is 0.302 e. The van der Waals surface area contributed by atoms with Crippen molar-refractivity contribution in [2.45, 2.75) is 78.2 Å². The van der Waals surface area contributed by atoms with Gasteiger partial charge in [-0.05, 0) is 86.0 Å². The van der Waals surface area contributed by atoms with Crippen molar-refractivity contribution < 1.29 is 14.3 Å². The Labute approximate surface area is 248 Å². The molecule has 0 aliphatic heterocycles. The molecule has 9 heteroatoms. The van der Waals surface area contributed by atoms with Gasteiger partial charge in [-0.2, -0.15) is 5.11 Å². The van der Waals surface area contributed by atoms with Crippen LogP contribution in [0.2, 0.25) is 0 Å². The second kappa shape index (κ2) is 12.3. The number of anilines is 2. The number of carbonyl (C=O) groups is 2. The van der Waals surface area contributed by atoms with Crippen molar-refractivity contribution in [2.75, 3.05) is 11.5 Å². The number of fused-ring (bicyclic) bond motifs is 5. The molecule has 3 saturated carbocycles. The molecule has 6 atom stereocenters. The fourth-order valence-electron chi connectivity index (χ4n) is 7.91. The third kappa shape index (κ3) is 6.17. The SMILES string of the molecule is CC(=O)OC1CCC2(C)C(=CCC3C4CCC(=O)C4(C)CCC32)C1.Cl.Nc1ccc(N=Nc2ccccc2)c(N)n1. The molecule has 3 fully saturated rings. The highest BCUT2D eigenvalue weighted by atomic mass is 35.5. The van der Waals surface area contributed by atoms with Gasteiger partial charge in [0.05, 0.1) is 5.69 Å². The summed E-state index contributed by atoms with van der Waals surface area (Å²) in [5, 5.41) is 8.03. The number of rotatable bonds is 3. The molecular weight excluding hydrogens is 538 g/mol. The highest BCUT2D eigenvalue weighted by molar-refractivity contribution is 5.87. The first kappa shape index (κ1) is 30.7. The van der Waals surface area contributed by atoms with E-state index in [0.717, 1.165) is 50.6 Å². The second-order valence-corrected chi connectivity index (χ2v) is 12.3. The standard InChI is InChI=1S/C21H30O3.C11H11N5.ClH/c1-13(22)24-15-8-10-20(2)14(12-15)4-5-16-17-6-7-19(23)21(17,3)11-9-18(16)20;12-10-7-6-9(11(13)14-10)16-15-8-4-2-1-3-5-8;/h4,15-18H,5-12H2,1-3H3;1-7H,(H4,12,13,14);1H. The molecule has 8 nitrogen and oxygen atoms in total. The lowest BCUT2D eigenvalue weighted by Crippen LogP contribution is -2.50. The minimum atomic E-state index is -0.157. The summed E-state index contributed by atoms with van der Waals surface area (Å²) in [4.78, 5) is 27.6. The van der Waals surface area contributed by atoms with E-state index in [2.05, 4.69) is 35.1 Å². The van der Waals surface area contributed by atoms with Crippen LogP contribution in [0.15, 0.2) is 64.3 Å². The number of hydrogen-bond donors (Lipinski definition) is 2. The number of aromatic nitrogens is 1. The van der Waals surface area contributed by atoms with E-state index in [1.165, 1.54) is 18.9 Å². The summed E-state index contributed by atoms with van der Waals surface area (Å²) in [6, 6.07) is 12.7. The summed E-state index contributed by atoms with van der Waals surface area (Å²) in [6.45, 7) is 6.19. The number of Topliss-reactive ketones (excluding diaryl/α,β-unsaturated/α-hetero) is 1. The van der Waals surface area contributed by atoms with Gasteiger partial charge in [0.15, 0.2) is 5.82 Å². The summed E-state index contributed by atoms with van der Waals surface area (Å²) < 4.78 is 5.50. The van der Waals surface area contributed by atoms with Crippen molar-refractivity contribution in [3.8, 4) is 0 Å². The van der Waals surface area contributed by atoms with E-state index >= 15 is 0 Å². The van der Waals surface area contributed by atoms with Crippen LogP contribution in [0.5, 0.6) is 0 Å². The molecule has 1 aromatic carbocycles. The fourth-order valence-corrected chi connectivity index (χ4v) is 7.91. The molecule has 0 saturated heterocycles. The second-order valence-electron chi connectivity index (χ2n) is 12.3. The number of nitrogens with two attached hydrogens (primary N) is 2. The van der Waals surface area contributed by atoms with Crippen LogP contribution in [-0.4, -0.2) is 22.8 Å². The van der Waals surface area contributed by atoms with Crippen molar-refractivity contribution in [3.05, 3.63) is 54.1 Å². The first-order valence-corrected chi connectivity index (χ1v) is 14.5. The van der Waals surface area contributed by atoms with Gasteiger partial charge in [-0.3, -0.25) is 9.59 Å². The molecule has 6 rings (SSSR count).